The van der Waals surface area contributed by atoms with Gasteiger partial charge in [-0.3, -0.25) is 0 Å². The van der Waals surface area contributed by atoms with Gasteiger partial charge in [-0.05, 0) is 49.6 Å². The number of pyridine rings is 1. The molecule has 10 heteroatoms. The predicted molar refractivity (Wildman–Crippen MR) is 149 cm³/mol. The molecule has 0 unspecified atom stereocenters. The van der Waals surface area contributed by atoms with Crippen LogP contribution in [-0.4, -0.2) is 60.3 Å². The van der Waals surface area contributed by atoms with Gasteiger partial charge in [-0.2, -0.15) is 19.3 Å². The van der Waals surface area contributed by atoms with E-state index < -0.39 is 12.3 Å². The van der Waals surface area contributed by atoms with Crippen molar-refractivity contribution in [3.63, 3.8) is 0 Å². The van der Waals surface area contributed by atoms with Crippen molar-refractivity contribution in [3.8, 4) is 5.75 Å². The molecule has 0 aliphatic carbocycles. The molecule has 2 heterocycles. The number of aliphatic hydroxyl groups is 2. The van der Waals surface area contributed by atoms with Crippen molar-refractivity contribution < 1.29 is 62.2 Å². The Kier molecular flexibility index (Phi) is 31.8. The van der Waals surface area contributed by atoms with Crippen molar-refractivity contribution in [1.82, 2.24) is 10.3 Å². The molecule has 1 aliphatic rings. The van der Waals surface area contributed by atoms with Crippen LogP contribution in [0.3, 0.4) is 0 Å². The number of benzene rings is 1. The first kappa shape index (κ1) is 42.0. The summed E-state index contributed by atoms with van der Waals surface area (Å²) in [5.41, 5.74) is 2.57. The van der Waals surface area contributed by atoms with Gasteiger partial charge in [-0.1, -0.05) is 43.9 Å². The van der Waals surface area contributed by atoms with Crippen LogP contribution in [0.2, 0.25) is 0 Å². The molecular formula is C29H43Li2N3O5-4. The van der Waals surface area contributed by atoms with Gasteiger partial charge < -0.3 is 69.7 Å². The van der Waals surface area contributed by atoms with E-state index >= 15 is 0 Å². The largest absolute Gasteiger partial charge is 1.00 e. The van der Waals surface area contributed by atoms with E-state index in [-0.39, 0.29) is 44.1 Å². The van der Waals surface area contributed by atoms with Crippen molar-refractivity contribution >= 4 is 12.2 Å². The number of amides is 1. The summed E-state index contributed by atoms with van der Waals surface area (Å²) in [4.78, 5) is 14.2. The molecular weight excluding hydrogens is 484 g/mol. The van der Waals surface area contributed by atoms with Gasteiger partial charge in [-0.15, -0.1) is 0 Å². The third-order valence-corrected chi connectivity index (χ3v) is 4.85. The van der Waals surface area contributed by atoms with Crippen LogP contribution in [0.15, 0.2) is 42.5 Å². The fourth-order valence-electron chi connectivity index (χ4n) is 2.92. The zero-order chi connectivity index (χ0) is 27.7. The van der Waals surface area contributed by atoms with Gasteiger partial charge in [0.05, 0.1) is 0 Å². The van der Waals surface area contributed by atoms with Crippen molar-refractivity contribution in [2.75, 3.05) is 31.7 Å². The van der Waals surface area contributed by atoms with Gasteiger partial charge in [0.15, 0.2) is 6.29 Å². The van der Waals surface area contributed by atoms with E-state index in [1.807, 2.05) is 30.3 Å². The number of hydrogen-bond acceptors (Lipinski definition) is 7. The van der Waals surface area contributed by atoms with Gasteiger partial charge in [0.2, 0.25) is 0 Å². The molecule has 210 valence electrons. The van der Waals surface area contributed by atoms with Crippen LogP contribution >= 0.6 is 0 Å². The first-order chi connectivity index (χ1) is 18.0. The number of aromatic nitrogens is 1. The minimum absolute atomic E-state index is 0. The van der Waals surface area contributed by atoms with Gasteiger partial charge >= 0.3 is 37.7 Å². The molecule has 1 aliphatic heterocycles. The summed E-state index contributed by atoms with van der Waals surface area (Å²) in [6.45, 7) is 20.2. The molecule has 0 bridgehead atoms. The Labute approximate surface area is 260 Å². The third-order valence-electron chi connectivity index (χ3n) is 4.85. The Morgan fingerprint density at radius 3 is 2.13 bits per heavy atom. The van der Waals surface area contributed by atoms with Gasteiger partial charge in [0.25, 0.3) is 0 Å². The first-order valence-electron chi connectivity index (χ1n) is 12.4. The third kappa shape index (κ3) is 22.0. The summed E-state index contributed by atoms with van der Waals surface area (Å²) in [7, 11) is 0. The number of aryl methyl sites for hydroxylation is 2. The molecule has 1 amide bonds. The predicted octanol–water partition coefficient (Wildman–Crippen LogP) is -2.28. The maximum absolute atomic E-state index is 9.59. The molecule has 1 atom stereocenters. The average Bonchev–Trinajstić information content (AvgIpc) is 2.92. The van der Waals surface area contributed by atoms with Crippen LogP contribution in [0.25, 0.3) is 0 Å². The fourth-order valence-corrected chi connectivity index (χ4v) is 2.92. The Morgan fingerprint density at radius 1 is 1.00 bits per heavy atom. The van der Waals surface area contributed by atoms with Crippen LogP contribution in [0, 0.1) is 34.6 Å². The molecule has 8 nitrogen and oxygen atoms in total. The second kappa shape index (κ2) is 29.5. The number of carbonyl (C=O) groups excluding carboxylic acids is 1. The maximum atomic E-state index is 9.59. The van der Waals surface area contributed by atoms with Crippen molar-refractivity contribution in [2.45, 2.75) is 50.9 Å². The topological polar surface area (TPSA) is 113 Å². The van der Waals surface area contributed by atoms with Crippen molar-refractivity contribution in [2.24, 2.45) is 0 Å². The molecule has 3 rings (SSSR count). The van der Waals surface area contributed by atoms with Crippen LogP contribution < -0.4 is 53.1 Å². The minimum Gasteiger partial charge on any atom is -0.525 e. The number of aliphatic hydroxyl groups excluding tert-OH is 1. The monoisotopic (exact) mass is 527 g/mol. The first-order valence-corrected chi connectivity index (χ1v) is 12.4. The smallest absolute Gasteiger partial charge is 0.525 e. The number of rotatable bonds is 11. The van der Waals surface area contributed by atoms with Crippen molar-refractivity contribution in [3.05, 3.63) is 88.3 Å². The number of nitrogens with one attached hydrogen (secondary N) is 2. The van der Waals surface area contributed by atoms with Gasteiger partial charge in [0.1, 0.15) is 11.6 Å². The van der Waals surface area contributed by atoms with Crippen LogP contribution in [-0.2, 0) is 22.4 Å². The maximum Gasteiger partial charge on any atom is 1.00 e. The second-order valence-electron chi connectivity index (χ2n) is 7.63. The average molecular weight is 528 g/mol. The number of hydrogen-bond donors (Lipinski definition) is 4. The SMILES string of the molecule is [CH2-]CCCc1ccc2c(n1)NCCC2.[CH2-]COC[CH2-].[CH2-]COc1ccccc1.[CH2-]C[C@H](N[C-]=O)C(O)O.[Li+].[Li+]. The van der Waals surface area contributed by atoms with Gasteiger partial charge in [-0.25, -0.2) is 4.98 Å². The summed E-state index contributed by atoms with van der Waals surface area (Å²) in [6, 6.07) is 13.3. The molecule has 0 radical (unpaired) electrons. The Morgan fingerprint density at radius 2 is 1.67 bits per heavy atom. The van der Waals surface area contributed by atoms with Gasteiger partial charge in [0, 0.05) is 18.3 Å². The van der Waals surface area contributed by atoms with E-state index in [1.54, 1.807) is 0 Å². The normalized spacial score (nSPS) is 11.5. The molecule has 1 aromatic heterocycles. The fraction of sp³-hybridized carbons (Fsp3) is 0.414. The number of unbranched alkanes of at least 4 members (excludes halogenated alkanes) is 1. The standard InChI is InChI=1S/C12H17N2.C8H9O.C5H9NO3.C4H8O.2Li/c1-2-3-6-11-8-7-10-5-4-9-13-12(10)14-11;1-2-9-8-6-4-3-5-7-8;1-2-4(5(8)9)6-3-7;1-3-5-4-2;;/h7-8H,1-6,9H2,(H,13,14);3-7H,1-2H2;4-5,8-9H,1-2H2,(H,6,7);1-4H2;;/q2*-1;2*-2;2*+1/t;;4-;;;/m..0.../s1. The molecule has 0 spiro atoms. The molecule has 0 saturated heterocycles. The summed E-state index contributed by atoms with van der Waals surface area (Å²) < 4.78 is 9.71. The van der Waals surface area contributed by atoms with Crippen molar-refractivity contribution in [1.29, 1.82) is 0 Å². The Hall–Kier alpha value is -1.49. The quantitative estimate of drug-likeness (QED) is 0.113. The number of para-hydroxylation sites is 1. The summed E-state index contributed by atoms with van der Waals surface area (Å²) in [5, 5.41) is 22.3. The zero-order valence-electron chi connectivity index (χ0n) is 23.9. The second-order valence-corrected chi connectivity index (χ2v) is 7.63. The molecule has 0 saturated carbocycles. The molecule has 39 heavy (non-hydrogen) atoms. The van der Waals surface area contributed by atoms with Crippen LogP contribution in [0.1, 0.15) is 36.9 Å². The van der Waals surface area contributed by atoms with E-state index in [1.165, 1.54) is 30.5 Å². The zero-order valence-corrected chi connectivity index (χ0v) is 23.9. The van der Waals surface area contributed by atoms with E-state index in [4.69, 9.17) is 14.9 Å². The number of fused-ring (bicyclic) bond motifs is 1. The Balaban J connectivity index is -0.000000462. The molecule has 2 aromatic rings. The van der Waals surface area contributed by atoms with E-state index in [0.717, 1.165) is 37.4 Å². The molecule has 4 N–H and O–H groups in total. The molecule has 1 aromatic carbocycles. The number of anilines is 1. The van der Waals surface area contributed by atoms with E-state index in [0.29, 0.717) is 19.8 Å². The Bertz CT molecular complexity index is 800. The van der Waals surface area contributed by atoms with E-state index in [2.05, 4.69) is 67.1 Å². The van der Waals surface area contributed by atoms with E-state index in [9.17, 15) is 4.79 Å². The summed E-state index contributed by atoms with van der Waals surface area (Å²) in [5.74, 6) is 1.99. The number of nitrogens with zero attached hydrogens (tertiary/aromatic N) is 1. The van der Waals surface area contributed by atoms with Crippen LogP contribution in [0.4, 0.5) is 5.82 Å². The summed E-state index contributed by atoms with van der Waals surface area (Å²) >= 11 is 0. The number of ether oxygens (including phenoxy) is 2. The van der Waals surface area contributed by atoms with Crippen LogP contribution in [0.5, 0.6) is 5.75 Å². The summed E-state index contributed by atoms with van der Waals surface area (Å²) in [6.07, 6.45) is 5.59. The molecule has 0 fully saturated rings. The minimum atomic E-state index is -1.55.